The Kier molecular flexibility index (Phi) is 5.80. The highest BCUT2D eigenvalue weighted by atomic mass is 16.2. The van der Waals surface area contributed by atoms with Crippen molar-refractivity contribution in [3.8, 4) is 0 Å². The van der Waals surface area contributed by atoms with Gasteiger partial charge in [0, 0.05) is 19.0 Å². The molecule has 1 aliphatic rings. The van der Waals surface area contributed by atoms with E-state index in [1.807, 2.05) is 0 Å². The van der Waals surface area contributed by atoms with Gasteiger partial charge in [-0.25, -0.2) is 0 Å². The van der Waals surface area contributed by atoms with Gasteiger partial charge in [-0.2, -0.15) is 0 Å². The predicted molar refractivity (Wildman–Crippen MR) is 87.1 cm³/mol. The summed E-state index contributed by atoms with van der Waals surface area (Å²) in [6.07, 6.45) is 4.92. The van der Waals surface area contributed by atoms with Gasteiger partial charge in [-0.05, 0) is 51.1 Å². The van der Waals surface area contributed by atoms with Gasteiger partial charge in [-0.15, -0.1) is 0 Å². The molecule has 0 radical (unpaired) electrons. The van der Waals surface area contributed by atoms with Crippen molar-refractivity contribution in [3.05, 3.63) is 35.4 Å². The number of rotatable bonds is 6. The van der Waals surface area contributed by atoms with Crippen molar-refractivity contribution in [3.63, 3.8) is 0 Å². The minimum absolute atomic E-state index is 0.282. The molecule has 1 fully saturated rings. The van der Waals surface area contributed by atoms with Gasteiger partial charge in [-0.3, -0.25) is 4.79 Å². The Balaban J connectivity index is 1.94. The summed E-state index contributed by atoms with van der Waals surface area (Å²) < 4.78 is 0. The topological polar surface area (TPSA) is 46.3 Å². The number of amides is 1. The second-order valence-electron chi connectivity index (χ2n) is 6.16. The average molecular weight is 288 g/mol. The number of aryl methyl sites for hydroxylation is 2. The molecule has 2 atom stereocenters. The van der Waals surface area contributed by atoms with Crippen molar-refractivity contribution in [2.45, 2.75) is 52.0 Å². The molecule has 2 N–H and O–H groups in total. The summed E-state index contributed by atoms with van der Waals surface area (Å²) >= 11 is 0. The van der Waals surface area contributed by atoms with Crippen LogP contribution in [0.2, 0.25) is 0 Å². The molecule has 1 saturated carbocycles. The summed E-state index contributed by atoms with van der Waals surface area (Å²) in [7, 11) is 0. The third kappa shape index (κ3) is 4.07. The Hall–Kier alpha value is -1.35. The van der Waals surface area contributed by atoms with E-state index in [4.69, 9.17) is 5.73 Å². The third-order valence-electron chi connectivity index (χ3n) is 4.69. The van der Waals surface area contributed by atoms with Crippen LogP contribution in [0.3, 0.4) is 0 Å². The molecule has 21 heavy (non-hydrogen) atoms. The smallest absolute Gasteiger partial charge is 0.223 e. The summed E-state index contributed by atoms with van der Waals surface area (Å²) in [5.74, 6) is 0.775. The lowest BCUT2D eigenvalue weighted by Gasteiger charge is -2.32. The van der Waals surface area contributed by atoms with Crippen LogP contribution in [0.5, 0.6) is 0 Å². The summed E-state index contributed by atoms with van der Waals surface area (Å²) in [6, 6.07) is 8.80. The average Bonchev–Trinajstić information content (AvgIpc) is 2.94. The summed E-state index contributed by atoms with van der Waals surface area (Å²) in [6.45, 7) is 5.67. The highest BCUT2D eigenvalue weighted by Crippen LogP contribution is 2.29. The van der Waals surface area contributed by atoms with Crippen LogP contribution in [0.15, 0.2) is 24.3 Å². The van der Waals surface area contributed by atoms with E-state index in [1.54, 1.807) is 0 Å². The van der Waals surface area contributed by atoms with E-state index in [0.29, 0.717) is 24.9 Å². The van der Waals surface area contributed by atoms with Crippen LogP contribution in [0, 0.1) is 12.8 Å². The summed E-state index contributed by atoms with van der Waals surface area (Å²) in [5.41, 5.74) is 8.37. The molecule has 2 rings (SSSR count). The number of nitrogens with zero attached hydrogens (tertiary/aromatic N) is 1. The summed E-state index contributed by atoms with van der Waals surface area (Å²) in [5, 5.41) is 0. The van der Waals surface area contributed by atoms with Crippen LogP contribution in [0.25, 0.3) is 0 Å². The Morgan fingerprint density at radius 3 is 2.86 bits per heavy atom. The molecular formula is C18H28N2O. The molecule has 0 saturated heterocycles. The third-order valence-corrected chi connectivity index (χ3v) is 4.69. The van der Waals surface area contributed by atoms with Crippen LogP contribution < -0.4 is 5.73 Å². The molecule has 0 aliphatic heterocycles. The first-order valence-corrected chi connectivity index (χ1v) is 8.20. The number of hydrogen-bond donors (Lipinski definition) is 1. The molecule has 1 aromatic carbocycles. The zero-order chi connectivity index (χ0) is 15.2. The van der Waals surface area contributed by atoms with E-state index in [1.165, 1.54) is 24.0 Å². The molecule has 3 heteroatoms. The Morgan fingerprint density at radius 2 is 2.19 bits per heavy atom. The van der Waals surface area contributed by atoms with Crippen LogP contribution in [-0.2, 0) is 11.2 Å². The van der Waals surface area contributed by atoms with E-state index < -0.39 is 0 Å². The van der Waals surface area contributed by atoms with Gasteiger partial charge in [-0.1, -0.05) is 36.2 Å². The van der Waals surface area contributed by atoms with E-state index in [9.17, 15) is 4.79 Å². The minimum Gasteiger partial charge on any atom is -0.340 e. The monoisotopic (exact) mass is 288 g/mol. The van der Waals surface area contributed by atoms with Crippen molar-refractivity contribution >= 4 is 5.91 Å². The maximum Gasteiger partial charge on any atom is 0.223 e. The van der Waals surface area contributed by atoms with Crippen molar-refractivity contribution in [1.29, 1.82) is 0 Å². The quantitative estimate of drug-likeness (QED) is 0.875. The first-order chi connectivity index (χ1) is 10.2. The fourth-order valence-corrected chi connectivity index (χ4v) is 3.56. The zero-order valence-electron chi connectivity index (χ0n) is 13.3. The van der Waals surface area contributed by atoms with Gasteiger partial charge in [0.2, 0.25) is 5.91 Å². The largest absolute Gasteiger partial charge is 0.340 e. The maximum atomic E-state index is 12.6. The molecule has 1 aliphatic carbocycles. The van der Waals surface area contributed by atoms with E-state index >= 15 is 0 Å². The normalized spacial score (nSPS) is 21.5. The highest BCUT2D eigenvalue weighted by Gasteiger charge is 2.32. The molecule has 0 bridgehead atoms. The number of benzene rings is 1. The van der Waals surface area contributed by atoms with Gasteiger partial charge in [0.05, 0.1) is 0 Å². The Bertz CT molecular complexity index is 472. The SMILES string of the molecule is CCN(C(=O)CCc1cccc(C)c1)C1CCCC1CN. The molecule has 0 heterocycles. The zero-order valence-corrected chi connectivity index (χ0v) is 13.3. The first-order valence-electron chi connectivity index (χ1n) is 8.20. The van der Waals surface area contributed by atoms with E-state index in [2.05, 4.69) is 43.0 Å². The fraction of sp³-hybridized carbons (Fsp3) is 0.611. The van der Waals surface area contributed by atoms with Crippen molar-refractivity contribution in [2.24, 2.45) is 11.7 Å². The minimum atomic E-state index is 0.282. The second kappa shape index (κ2) is 7.60. The number of carbonyl (C=O) groups is 1. The molecule has 3 nitrogen and oxygen atoms in total. The van der Waals surface area contributed by atoms with Crippen LogP contribution in [0.4, 0.5) is 0 Å². The number of nitrogens with two attached hydrogens (primary N) is 1. The van der Waals surface area contributed by atoms with Crippen molar-refractivity contribution in [2.75, 3.05) is 13.1 Å². The van der Waals surface area contributed by atoms with E-state index in [-0.39, 0.29) is 5.91 Å². The fourth-order valence-electron chi connectivity index (χ4n) is 3.56. The van der Waals surface area contributed by atoms with Gasteiger partial charge in [0.25, 0.3) is 0 Å². The van der Waals surface area contributed by atoms with Gasteiger partial charge >= 0.3 is 0 Å². The molecule has 1 aromatic rings. The van der Waals surface area contributed by atoms with Crippen molar-refractivity contribution in [1.82, 2.24) is 4.90 Å². The highest BCUT2D eigenvalue weighted by molar-refractivity contribution is 5.76. The van der Waals surface area contributed by atoms with Crippen LogP contribution >= 0.6 is 0 Å². The molecule has 1 amide bonds. The maximum absolute atomic E-state index is 12.6. The van der Waals surface area contributed by atoms with Crippen molar-refractivity contribution < 1.29 is 4.79 Å². The summed E-state index contributed by atoms with van der Waals surface area (Å²) in [4.78, 5) is 14.6. The molecule has 0 aromatic heterocycles. The molecule has 0 spiro atoms. The first kappa shape index (κ1) is 16.0. The van der Waals surface area contributed by atoms with Crippen LogP contribution in [0.1, 0.15) is 43.7 Å². The van der Waals surface area contributed by atoms with Crippen LogP contribution in [-0.4, -0.2) is 29.9 Å². The Labute approximate surface area is 128 Å². The van der Waals surface area contributed by atoms with Gasteiger partial charge in [0.1, 0.15) is 0 Å². The van der Waals surface area contributed by atoms with Gasteiger partial charge < -0.3 is 10.6 Å². The second-order valence-corrected chi connectivity index (χ2v) is 6.16. The lowest BCUT2D eigenvalue weighted by molar-refractivity contribution is -0.134. The lowest BCUT2D eigenvalue weighted by Crippen LogP contribution is -2.44. The lowest BCUT2D eigenvalue weighted by atomic mass is 10.0. The molecule has 116 valence electrons. The number of hydrogen-bond acceptors (Lipinski definition) is 2. The van der Waals surface area contributed by atoms with Gasteiger partial charge in [0.15, 0.2) is 0 Å². The predicted octanol–water partition coefficient (Wildman–Crippen LogP) is 2.90. The van der Waals surface area contributed by atoms with E-state index in [0.717, 1.165) is 19.4 Å². The molecular weight excluding hydrogens is 260 g/mol. The number of carbonyl (C=O) groups excluding carboxylic acids is 1. The standard InChI is InChI=1S/C18H28N2O/c1-3-20(17-9-5-8-16(17)13-19)18(21)11-10-15-7-4-6-14(2)12-15/h4,6-7,12,16-17H,3,5,8-11,13,19H2,1-2H3. The molecule has 2 unspecified atom stereocenters. The Morgan fingerprint density at radius 1 is 1.38 bits per heavy atom.